The molecule has 0 saturated carbocycles. The van der Waals surface area contributed by atoms with Crippen molar-refractivity contribution in [2.75, 3.05) is 20.1 Å². The second-order valence-corrected chi connectivity index (χ2v) is 5.73. The van der Waals surface area contributed by atoms with Crippen molar-refractivity contribution >= 4 is 5.91 Å². The number of nitrogens with one attached hydrogen (secondary N) is 2. The lowest BCUT2D eigenvalue weighted by Gasteiger charge is -2.07. The largest absolute Gasteiger partial charge is 0.356 e. The van der Waals surface area contributed by atoms with E-state index in [0.29, 0.717) is 0 Å². The molecule has 0 radical (unpaired) electrons. The molecule has 0 fully saturated rings. The highest BCUT2D eigenvalue weighted by Gasteiger charge is 2.04. The third-order valence-electron chi connectivity index (χ3n) is 3.43. The third-order valence-corrected chi connectivity index (χ3v) is 3.43. The van der Waals surface area contributed by atoms with Crippen molar-refractivity contribution in [2.24, 2.45) is 5.92 Å². The molecule has 2 N–H and O–H groups in total. The van der Waals surface area contributed by atoms with E-state index < -0.39 is 0 Å². The lowest BCUT2D eigenvalue weighted by atomic mass is 10.1. The molecule has 0 aromatic rings. The molecule has 0 aliphatic carbocycles. The highest BCUT2D eigenvalue weighted by Crippen LogP contribution is 2.09. The number of rotatable bonds is 13. The topological polar surface area (TPSA) is 41.1 Å². The Balaban J connectivity index is 3.05. The minimum absolute atomic E-state index is 0.114. The summed E-state index contributed by atoms with van der Waals surface area (Å²) in [6.07, 6.45) is 11.9. The summed E-state index contributed by atoms with van der Waals surface area (Å²) in [5.74, 6) is 0.296. The minimum atomic E-state index is 0.114. The Bertz CT molecular complexity index is 205. The maximum Gasteiger partial charge on any atom is 0.222 e. The van der Waals surface area contributed by atoms with E-state index in [9.17, 15) is 4.79 Å². The van der Waals surface area contributed by atoms with Crippen LogP contribution in [0.2, 0.25) is 0 Å². The smallest absolute Gasteiger partial charge is 0.222 e. The van der Waals surface area contributed by atoms with E-state index in [1.54, 1.807) is 0 Å². The van der Waals surface area contributed by atoms with Gasteiger partial charge in [0.25, 0.3) is 0 Å². The van der Waals surface area contributed by atoms with Crippen LogP contribution in [0.25, 0.3) is 0 Å². The van der Waals surface area contributed by atoms with E-state index in [2.05, 4.69) is 10.6 Å². The second kappa shape index (κ2) is 13.9. The average Bonchev–Trinajstić information content (AvgIpc) is 2.39. The van der Waals surface area contributed by atoms with Crippen molar-refractivity contribution in [1.82, 2.24) is 10.6 Å². The van der Waals surface area contributed by atoms with E-state index in [-0.39, 0.29) is 11.8 Å². The van der Waals surface area contributed by atoms with Gasteiger partial charge in [0.1, 0.15) is 0 Å². The third kappa shape index (κ3) is 13.7. The van der Waals surface area contributed by atoms with Crippen LogP contribution >= 0.6 is 0 Å². The summed E-state index contributed by atoms with van der Waals surface area (Å²) < 4.78 is 0. The summed E-state index contributed by atoms with van der Waals surface area (Å²) in [6.45, 7) is 5.88. The predicted molar refractivity (Wildman–Crippen MR) is 83.3 cm³/mol. The van der Waals surface area contributed by atoms with Crippen LogP contribution in [0.4, 0.5) is 0 Å². The number of carbonyl (C=O) groups is 1. The van der Waals surface area contributed by atoms with Gasteiger partial charge >= 0.3 is 0 Å². The molecule has 0 atom stereocenters. The van der Waals surface area contributed by atoms with Crippen molar-refractivity contribution in [2.45, 2.75) is 71.6 Å². The molecular formula is C16H34N2O. The van der Waals surface area contributed by atoms with Gasteiger partial charge in [-0.1, -0.05) is 58.8 Å². The summed E-state index contributed by atoms with van der Waals surface area (Å²) >= 11 is 0. The number of hydrogen-bond donors (Lipinski definition) is 2. The number of amides is 1. The van der Waals surface area contributed by atoms with Gasteiger partial charge in [-0.2, -0.15) is 0 Å². The maximum absolute atomic E-state index is 11.3. The predicted octanol–water partition coefficient (Wildman–Crippen LogP) is 3.49. The van der Waals surface area contributed by atoms with Crippen molar-refractivity contribution in [1.29, 1.82) is 0 Å². The summed E-state index contributed by atoms with van der Waals surface area (Å²) in [5.41, 5.74) is 0. The van der Waals surface area contributed by atoms with Gasteiger partial charge in [0, 0.05) is 12.5 Å². The van der Waals surface area contributed by atoms with Gasteiger partial charge < -0.3 is 10.6 Å². The molecule has 0 aromatic heterocycles. The van der Waals surface area contributed by atoms with E-state index in [1.807, 2.05) is 20.9 Å². The Labute approximate surface area is 119 Å². The van der Waals surface area contributed by atoms with Crippen molar-refractivity contribution in [3.8, 4) is 0 Å². The zero-order chi connectivity index (χ0) is 14.3. The standard InChI is InChI=1S/C16H34N2O/c1-15(2)16(19)18-14-12-10-8-6-4-5-7-9-11-13-17-3/h15,17H,4-14H2,1-3H3,(H,18,19). The van der Waals surface area contributed by atoms with E-state index in [4.69, 9.17) is 0 Å². The zero-order valence-corrected chi connectivity index (χ0v) is 13.3. The highest BCUT2D eigenvalue weighted by molar-refractivity contribution is 5.77. The lowest BCUT2D eigenvalue weighted by molar-refractivity contribution is -0.123. The molecule has 0 bridgehead atoms. The fraction of sp³-hybridized carbons (Fsp3) is 0.938. The first kappa shape index (κ1) is 18.4. The highest BCUT2D eigenvalue weighted by atomic mass is 16.1. The molecule has 0 rings (SSSR count). The molecule has 0 saturated heterocycles. The lowest BCUT2D eigenvalue weighted by Crippen LogP contribution is -2.28. The quantitative estimate of drug-likeness (QED) is 0.503. The van der Waals surface area contributed by atoms with E-state index >= 15 is 0 Å². The van der Waals surface area contributed by atoms with Gasteiger partial charge in [-0.25, -0.2) is 0 Å². The summed E-state index contributed by atoms with van der Waals surface area (Å²) in [5, 5.41) is 6.15. The van der Waals surface area contributed by atoms with Gasteiger partial charge in [-0.05, 0) is 26.4 Å². The molecule has 3 nitrogen and oxygen atoms in total. The average molecular weight is 270 g/mol. The van der Waals surface area contributed by atoms with Gasteiger partial charge in [0.2, 0.25) is 5.91 Å². The molecule has 0 spiro atoms. The SMILES string of the molecule is CNCCCCCCCCCCCNC(=O)C(C)C. The van der Waals surface area contributed by atoms with Crippen LogP contribution in [-0.2, 0) is 4.79 Å². The van der Waals surface area contributed by atoms with Crippen LogP contribution in [0.5, 0.6) is 0 Å². The molecule has 3 heteroatoms. The van der Waals surface area contributed by atoms with Crippen LogP contribution in [0.1, 0.15) is 71.6 Å². The van der Waals surface area contributed by atoms with Crippen LogP contribution in [-0.4, -0.2) is 26.0 Å². The molecule has 0 heterocycles. The number of carbonyl (C=O) groups excluding carboxylic acids is 1. The maximum atomic E-state index is 11.3. The zero-order valence-electron chi connectivity index (χ0n) is 13.3. The first-order valence-electron chi connectivity index (χ1n) is 8.10. The first-order valence-corrected chi connectivity index (χ1v) is 8.10. The Morgan fingerprint density at radius 2 is 1.21 bits per heavy atom. The van der Waals surface area contributed by atoms with Gasteiger partial charge in [-0.15, -0.1) is 0 Å². The molecule has 0 unspecified atom stereocenters. The Hall–Kier alpha value is -0.570. The molecule has 0 aromatic carbocycles. The van der Waals surface area contributed by atoms with Gasteiger partial charge in [0.05, 0.1) is 0 Å². The van der Waals surface area contributed by atoms with Crippen LogP contribution in [0.15, 0.2) is 0 Å². The Kier molecular flexibility index (Phi) is 13.4. The first-order chi connectivity index (χ1) is 9.18. The normalized spacial score (nSPS) is 10.9. The van der Waals surface area contributed by atoms with Crippen LogP contribution in [0.3, 0.4) is 0 Å². The van der Waals surface area contributed by atoms with Crippen LogP contribution in [0, 0.1) is 5.92 Å². The number of hydrogen-bond acceptors (Lipinski definition) is 2. The van der Waals surface area contributed by atoms with Crippen molar-refractivity contribution in [3.63, 3.8) is 0 Å². The van der Waals surface area contributed by atoms with Crippen molar-refractivity contribution in [3.05, 3.63) is 0 Å². The summed E-state index contributed by atoms with van der Waals surface area (Å²) in [4.78, 5) is 11.3. The molecule has 19 heavy (non-hydrogen) atoms. The van der Waals surface area contributed by atoms with Crippen molar-refractivity contribution < 1.29 is 4.79 Å². The van der Waals surface area contributed by atoms with Gasteiger partial charge in [0.15, 0.2) is 0 Å². The van der Waals surface area contributed by atoms with Crippen LogP contribution < -0.4 is 10.6 Å². The monoisotopic (exact) mass is 270 g/mol. The fourth-order valence-electron chi connectivity index (χ4n) is 2.08. The minimum Gasteiger partial charge on any atom is -0.356 e. The van der Waals surface area contributed by atoms with Gasteiger partial charge in [-0.3, -0.25) is 4.79 Å². The van der Waals surface area contributed by atoms with E-state index in [0.717, 1.165) is 19.5 Å². The summed E-state index contributed by atoms with van der Waals surface area (Å²) in [7, 11) is 2.02. The number of unbranched alkanes of at least 4 members (excludes halogenated alkanes) is 8. The molecular weight excluding hydrogens is 236 g/mol. The van der Waals surface area contributed by atoms with E-state index in [1.165, 1.54) is 51.4 Å². The Morgan fingerprint density at radius 1 is 0.789 bits per heavy atom. The molecule has 1 amide bonds. The second-order valence-electron chi connectivity index (χ2n) is 5.73. The molecule has 0 aliphatic rings. The molecule has 114 valence electrons. The Morgan fingerprint density at radius 3 is 1.63 bits per heavy atom. The molecule has 0 aliphatic heterocycles. The fourth-order valence-corrected chi connectivity index (χ4v) is 2.08. The summed E-state index contributed by atoms with van der Waals surface area (Å²) in [6, 6.07) is 0.